The van der Waals surface area contributed by atoms with Crippen LogP contribution in [0.3, 0.4) is 0 Å². The molecule has 2 aliphatic carbocycles. The molecule has 10 heteroatoms. The molecule has 0 bridgehead atoms. The van der Waals surface area contributed by atoms with Crippen LogP contribution in [0.15, 0.2) is 30.5 Å². The van der Waals surface area contributed by atoms with Gasteiger partial charge in [0.25, 0.3) is 5.92 Å². The van der Waals surface area contributed by atoms with Gasteiger partial charge in [-0.1, -0.05) is 19.1 Å². The molecule has 1 aromatic heterocycles. The number of sulfone groups is 1. The van der Waals surface area contributed by atoms with Gasteiger partial charge in [-0.2, -0.15) is 5.26 Å². The molecule has 2 saturated carbocycles. The van der Waals surface area contributed by atoms with E-state index in [9.17, 15) is 27.3 Å². The lowest BCUT2D eigenvalue weighted by molar-refractivity contribution is -0.130. The molecule has 7 nitrogen and oxygen atoms in total. The van der Waals surface area contributed by atoms with Crippen LogP contribution in [0, 0.1) is 23.7 Å². The zero-order valence-electron chi connectivity index (χ0n) is 20.0. The highest BCUT2D eigenvalue weighted by atomic mass is 32.2. The van der Waals surface area contributed by atoms with Crippen molar-refractivity contribution in [3.8, 4) is 6.07 Å². The van der Waals surface area contributed by atoms with E-state index in [-0.39, 0.29) is 12.8 Å². The summed E-state index contributed by atoms with van der Waals surface area (Å²) in [6.07, 6.45) is 3.91. The third-order valence-corrected chi connectivity index (χ3v) is 9.02. The Morgan fingerprint density at radius 3 is 2.43 bits per heavy atom. The molecule has 35 heavy (non-hydrogen) atoms. The first-order valence-electron chi connectivity index (χ1n) is 11.5. The van der Waals surface area contributed by atoms with Gasteiger partial charge in [0, 0.05) is 18.0 Å². The number of carbonyl (C=O) groups excluding carboxylic acids is 1. The van der Waals surface area contributed by atoms with Crippen LogP contribution in [0.2, 0.25) is 0 Å². The maximum atomic E-state index is 14.9. The maximum absolute atomic E-state index is 14.9. The molecule has 2 aliphatic rings. The lowest BCUT2D eigenvalue weighted by Crippen LogP contribution is -2.51. The first-order chi connectivity index (χ1) is 16.3. The molecule has 2 atom stereocenters. The highest BCUT2D eigenvalue weighted by Crippen LogP contribution is 2.71. The fourth-order valence-electron chi connectivity index (χ4n) is 4.92. The smallest absolute Gasteiger partial charge is 0.270 e. The number of alkyl halides is 2. The van der Waals surface area contributed by atoms with Gasteiger partial charge in [-0.05, 0) is 56.4 Å². The van der Waals surface area contributed by atoms with Gasteiger partial charge < -0.3 is 10.6 Å². The summed E-state index contributed by atoms with van der Waals surface area (Å²) in [5, 5.41) is 14.7. The highest BCUT2D eigenvalue weighted by molar-refractivity contribution is 7.91. The second-order valence-electron chi connectivity index (χ2n) is 9.67. The molecule has 4 rings (SSSR count). The standard InChI is InChI=1S/C25H28F2N4O3S/c1-5-19-20(12-28)14(2)29-13-21(19)30-16-8-6-15(7-9-16)22-24(3,25(22,26)27)23(32)31-17-10-18(11-17)35(4,33)34/h6-9,13,17-18,22,30H,5,10-11H2,1-4H3,(H,31,32). The van der Waals surface area contributed by atoms with E-state index in [1.165, 1.54) is 6.92 Å². The Labute approximate surface area is 203 Å². The number of amides is 1. The first kappa shape index (κ1) is 25.0. The summed E-state index contributed by atoms with van der Waals surface area (Å²) in [7, 11) is -3.19. The molecule has 0 saturated heterocycles. The van der Waals surface area contributed by atoms with Crippen LogP contribution in [0.1, 0.15) is 55.0 Å². The number of hydrogen-bond acceptors (Lipinski definition) is 6. The van der Waals surface area contributed by atoms with Gasteiger partial charge >= 0.3 is 0 Å². The van der Waals surface area contributed by atoms with Gasteiger partial charge in [-0.3, -0.25) is 9.78 Å². The predicted octanol–water partition coefficient (Wildman–Crippen LogP) is 4.00. The van der Waals surface area contributed by atoms with Crippen LogP contribution >= 0.6 is 0 Å². The number of anilines is 2. The van der Waals surface area contributed by atoms with Gasteiger partial charge in [0.15, 0.2) is 0 Å². The van der Waals surface area contributed by atoms with Crippen molar-refractivity contribution in [2.24, 2.45) is 5.41 Å². The van der Waals surface area contributed by atoms with Crippen LogP contribution in [0.25, 0.3) is 0 Å². The number of pyridine rings is 1. The van der Waals surface area contributed by atoms with E-state index < -0.39 is 44.3 Å². The lowest BCUT2D eigenvalue weighted by atomic mass is 9.90. The molecule has 2 fully saturated rings. The average Bonchev–Trinajstić information content (AvgIpc) is 3.23. The van der Waals surface area contributed by atoms with Crippen LogP contribution in [-0.4, -0.2) is 42.8 Å². The van der Waals surface area contributed by atoms with Crippen molar-refractivity contribution in [3.05, 3.63) is 52.8 Å². The Bertz CT molecular complexity index is 1320. The van der Waals surface area contributed by atoms with E-state index >= 15 is 0 Å². The van der Waals surface area contributed by atoms with Crippen molar-refractivity contribution in [1.29, 1.82) is 5.26 Å². The van der Waals surface area contributed by atoms with Gasteiger partial charge in [-0.15, -0.1) is 0 Å². The first-order valence-corrected chi connectivity index (χ1v) is 13.4. The topological polar surface area (TPSA) is 112 Å². The molecule has 186 valence electrons. The van der Waals surface area contributed by atoms with Crippen molar-refractivity contribution < 1.29 is 22.0 Å². The minimum absolute atomic E-state index is 0.248. The van der Waals surface area contributed by atoms with Crippen molar-refractivity contribution in [2.75, 3.05) is 11.6 Å². The van der Waals surface area contributed by atoms with Crippen molar-refractivity contribution in [3.63, 3.8) is 0 Å². The zero-order valence-corrected chi connectivity index (χ0v) is 20.8. The monoisotopic (exact) mass is 502 g/mol. The summed E-state index contributed by atoms with van der Waals surface area (Å²) < 4.78 is 52.9. The van der Waals surface area contributed by atoms with Crippen LogP contribution in [0.5, 0.6) is 0 Å². The van der Waals surface area contributed by atoms with Crippen molar-refractivity contribution >= 4 is 27.1 Å². The van der Waals surface area contributed by atoms with E-state index in [1.54, 1.807) is 37.4 Å². The molecule has 1 heterocycles. The number of aromatic nitrogens is 1. The molecule has 0 aliphatic heterocycles. The SMILES string of the molecule is CCc1c(Nc2ccc(C3C(F)(F)C3(C)C(=O)NC3CC(S(C)(=O)=O)C3)cc2)cnc(C)c1C#N. The summed E-state index contributed by atoms with van der Waals surface area (Å²) in [5.74, 6) is -5.24. The molecule has 0 radical (unpaired) electrons. The average molecular weight is 503 g/mol. The summed E-state index contributed by atoms with van der Waals surface area (Å²) in [6.45, 7) is 4.96. The number of rotatable bonds is 7. The van der Waals surface area contributed by atoms with E-state index in [0.717, 1.165) is 11.8 Å². The number of halogens is 2. The van der Waals surface area contributed by atoms with Gasteiger partial charge in [0.05, 0.1) is 34.3 Å². The zero-order chi connectivity index (χ0) is 25.8. The molecular formula is C25H28F2N4O3S. The summed E-state index contributed by atoms with van der Waals surface area (Å²) >= 11 is 0. The summed E-state index contributed by atoms with van der Waals surface area (Å²) in [5.41, 5.74) is 1.77. The maximum Gasteiger partial charge on any atom is 0.270 e. The fourth-order valence-corrected chi connectivity index (χ4v) is 6.08. The molecule has 2 N–H and O–H groups in total. The Hall–Kier alpha value is -3.06. The van der Waals surface area contributed by atoms with Crippen LogP contribution < -0.4 is 10.6 Å². The lowest BCUT2D eigenvalue weighted by Gasteiger charge is -2.35. The van der Waals surface area contributed by atoms with Gasteiger partial charge in [-0.25, -0.2) is 17.2 Å². The second-order valence-corrected chi connectivity index (χ2v) is 12.0. The third-order valence-electron chi connectivity index (χ3n) is 7.42. The van der Waals surface area contributed by atoms with Crippen LogP contribution in [0.4, 0.5) is 20.2 Å². The Morgan fingerprint density at radius 1 is 1.26 bits per heavy atom. The van der Waals surface area contributed by atoms with Crippen molar-refractivity contribution in [2.45, 2.75) is 63.2 Å². The minimum Gasteiger partial charge on any atom is -0.354 e. The normalized spacial score (nSPS) is 26.8. The molecular weight excluding hydrogens is 474 g/mol. The van der Waals surface area contributed by atoms with E-state index in [2.05, 4.69) is 21.7 Å². The number of nitriles is 1. The molecule has 0 spiro atoms. The predicted molar refractivity (Wildman–Crippen MR) is 128 cm³/mol. The van der Waals surface area contributed by atoms with E-state index in [1.807, 2.05) is 6.92 Å². The minimum atomic E-state index is -3.22. The van der Waals surface area contributed by atoms with Gasteiger partial charge in [0.1, 0.15) is 21.3 Å². The number of nitrogens with one attached hydrogen (secondary N) is 2. The number of nitrogens with zero attached hydrogens (tertiary/aromatic N) is 2. The highest BCUT2D eigenvalue weighted by Gasteiger charge is 2.82. The summed E-state index contributed by atoms with van der Waals surface area (Å²) in [4.78, 5) is 17.0. The number of aryl methyl sites for hydroxylation is 1. The number of carbonyl (C=O) groups is 1. The number of hydrogen-bond donors (Lipinski definition) is 2. The quantitative estimate of drug-likeness (QED) is 0.592. The van der Waals surface area contributed by atoms with Crippen molar-refractivity contribution in [1.82, 2.24) is 10.3 Å². The molecule has 1 aromatic carbocycles. The Kier molecular flexibility index (Phi) is 6.12. The second kappa shape index (κ2) is 8.55. The van der Waals surface area contributed by atoms with Crippen LogP contribution in [-0.2, 0) is 21.1 Å². The Morgan fingerprint density at radius 2 is 1.89 bits per heavy atom. The van der Waals surface area contributed by atoms with E-state index in [0.29, 0.717) is 34.6 Å². The number of benzene rings is 1. The van der Waals surface area contributed by atoms with Gasteiger partial charge in [0.2, 0.25) is 5.91 Å². The fraction of sp³-hybridized carbons (Fsp3) is 0.480. The molecule has 1 amide bonds. The molecule has 2 aromatic rings. The third kappa shape index (κ3) is 4.16. The molecule has 2 unspecified atom stereocenters. The Balaban J connectivity index is 1.47. The van der Waals surface area contributed by atoms with E-state index in [4.69, 9.17) is 0 Å². The summed E-state index contributed by atoms with van der Waals surface area (Å²) in [6, 6.07) is 8.24. The largest absolute Gasteiger partial charge is 0.354 e.